The highest BCUT2D eigenvalue weighted by atomic mass is 16.1. The lowest BCUT2D eigenvalue weighted by molar-refractivity contribution is -0.126. The van der Waals surface area contributed by atoms with Crippen molar-refractivity contribution < 1.29 is 4.79 Å². The Morgan fingerprint density at radius 1 is 1.28 bits per heavy atom. The molecule has 29 heavy (non-hydrogen) atoms. The fourth-order valence-electron chi connectivity index (χ4n) is 4.43. The van der Waals surface area contributed by atoms with Crippen molar-refractivity contribution >= 4 is 11.7 Å². The smallest absolute Gasteiger partial charge is 0.223 e. The average Bonchev–Trinajstić information content (AvgIpc) is 3.31. The van der Waals surface area contributed by atoms with Crippen LogP contribution in [0.5, 0.6) is 0 Å². The normalized spacial score (nSPS) is 20.7. The highest BCUT2D eigenvalue weighted by Gasteiger charge is 2.27. The van der Waals surface area contributed by atoms with Crippen LogP contribution in [0.2, 0.25) is 0 Å². The number of nitrogens with zero attached hydrogens (tertiary/aromatic N) is 5. The Labute approximate surface area is 170 Å². The number of amides is 1. The van der Waals surface area contributed by atoms with Gasteiger partial charge in [0.25, 0.3) is 0 Å². The van der Waals surface area contributed by atoms with Crippen LogP contribution in [0.15, 0.2) is 6.07 Å². The van der Waals surface area contributed by atoms with Crippen molar-refractivity contribution in [1.82, 2.24) is 25.1 Å². The van der Waals surface area contributed by atoms with E-state index in [0.717, 1.165) is 68.0 Å². The molecule has 8 nitrogen and oxygen atoms in total. The number of aryl methyl sites for hydroxylation is 3. The van der Waals surface area contributed by atoms with Crippen LogP contribution in [0.4, 0.5) is 5.82 Å². The first-order valence-corrected chi connectivity index (χ1v) is 10.4. The second-order valence-electron chi connectivity index (χ2n) is 8.11. The van der Waals surface area contributed by atoms with Gasteiger partial charge in [0, 0.05) is 30.6 Å². The highest BCUT2D eigenvalue weighted by molar-refractivity contribution is 5.78. The van der Waals surface area contributed by atoms with Gasteiger partial charge < -0.3 is 15.2 Å². The molecule has 8 heteroatoms. The third-order valence-electron chi connectivity index (χ3n) is 6.00. The fraction of sp³-hybridized carbons (Fsp3) is 0.571. The summed E-state index contributed by atoms with van der Waals surface area (Å²) in [6, 6.07) is 4.42. The summed E-state index contributed by atoms with van der Waals surface area (Å²) >= 11 is 0. The summed E-state index contributed by atoms with van der Waals surface area (Å²) in [5.74, 6) is 2.67. The van der Waals surface area contributed by atoms with Crippen LogP contribution < -0.4 is 10.6 Å². The van der Waals surface area contributed by atoms with Gasteiger partial charge in [0.15, 0.2) is 5.82 Å². The third kappa shape index (κ3) is 4.09. The van der Waals surface area contributed by atoms with Crippen LogP contribution >= 0.6 is 0 Å². The van der Waals surface area contributed by atoms with Gasteiger partial charge in [-0.15, -0.1) is 10.2 Å². The molecule has 4 rings (SSSR count). The van der Waals surface area contributed by atoms with Gasteiger partial charge in [0.05, 0.1) is 12.1 Å². The maximum absolute atomic E-state index is 12.6. The second-order valence-corrected chi connectivity index (χ2v) is 8.11. The van der Waals surface area contributed by atoms with Crippen LogP contribution in [-0.4, -0.2) is 31.7 Å². The van der Waals surface area contributed by atoms with Crippen molar-refractivity contribution in [3.05, 3.63) is 34.5 Å². The summed E-state index contributed by atoms with van der Waals surface area (Å²) in [4.78, 5) is 17.1. The first-order valence-electron chi connectivity index (χ1n) is 10.4. The van der Waals surface area contributed by atoms with E-state index in [-0.39, 0.29) is 17.9 Å². The Morgan fingerprint density at radius 3 is 2.83 bits per heavy atom. The number of hydrogen-bond acceptors (Lipinski definition) is 6. The van der Waals surface area contributed by atoms with Crippen LogP contribution in [0, 0.1) is 31.1 Å². The van der Waals surface area contributed by atoms with Crippen molar-refractivity contribution in [2.24, 2.45) is 5.92 Å². The molecule has 2 N–H and O–H groups in total. The molecule has 0 radical (unpaired) electrons. The minimum Gasteiger partial charge on any atom is -0.366 e. The van der Waals surface area contributed by atoms with Crippen LogP contribution in [0.3, 0.4) is 0 Å². The number of aromatic nitrogens is 4. The van der Waals surface area contributed by atoms with Crippen LogP contribution in [0.25, 0.3) is 0 Å². The van der Waals surface area contributed by atoms with Gasteiger partial charge in [-0.3, -0.25) is 4.79 Å². The molecule has 152 valence electrons. The molecule has 2 aliphatic rings. The van der Waals surface area contributed by atoms with Gasteiger partial charge in [0.1, 0.15) is 17.7 Å². The summed E-state index contributed by atoms with van der Waals surface area (Å²) < 4.78 is 2.12. The van der Waals surface area contributed by atoms with Gasteiger partial charge in [-0.1, -0.05) is 0 Å². The van der Waals surface area contributed by atoms with Gasteiger partial charge in [-0.2, -0.15) is 5.26 Å². The molecule has 0 bridgehead atoms. The van der Waals surface area contributed by atoms with E-state index in [1.807, 2.05) is 19.9 Å². The van der Waals surface area contributed by atoms with Crippen molar-refractivity contribution in [3.63, 3.8) is 0 Å². The van der Waals surface area contributed by atoms with Gasteiger partial charge in [0.2, 0.25) is 5.91 Å². The molecule has 0 saturated heterocycles. The molecule has 2 aromatic rings. The van der Waals surface area contributed by atoms with E-state index < -0.39 is 0 Å². The van der Waals surface area contributed by atoms with Gasteiger partial charge >= 0.3 is 0 Å². The predicted molar refractivity (Wildman–Crippen MR) is 108 cm³/mol. The van der Waals surface area contributed by atoms with Crippen LogP contribution in [-0.2, 0) is 24.3 Å². The molecular weight excluding hydrogens is 366 g/mol. The predicted octanol–water partition coefficient (Wildman–Crippen LogP) is 2.39. The Hall–Kier alpha value is -2.95. The Bertz CT molecular complexity index is 951. The zero-order valence-corrected chi connectivity index (χ0v) is 17.0. The lowest BCUT2D eigenvalue weighted by Crippen LogP contribution is -2.36. The first-order chi connectivity index (χ1) is 14.0. The van der Waals surface area contributed by atoms with Crippen molar-refractivity contribution in [2.75, 3.05) is 5.32 Å². The molecule has 1 amide bonds. The fourth-order valence-corrected chi connectivity index (χ4v) is 4.43. The quantitative estimate of drug-likeness (QED) is 0.807. The number of hydrogen-bond donors (Lipinski definition) is 2. The molecule has 1 aliphatic carbocycles. The lowest BCUT2D eigenvalue weighted by Gasteiger charge is -2.29. The molecule has 0 aromatic carbocycles. The lowest BCUT2D eigenvalue weighted by atomic mass is 9.85. The SMILES string of the molecule is Cc1cc(C)c(C#N)c(NC2CCC(C(=O)NCc3nnc4n3CCC4)CC2)n1. The average molecular weight is 393 g/mol. The zero-order chi connectivity index (χ0) is 20.4. The van der Waals surface area contributed by atoms with Crippen molar-refractivity contribution in [2.45, 2.75) is 71.5 Å². The molecule has 0 unspecified atom stereocenters. The van der Waals surface area contributed by atoms with E-state index >= 15 is 0 Å². The molecule has 1 aliphatic heterocycles. The largest absolute Gasteiger partial charge is 0.366 e. The Kier molecular flexibility index (Phi) is 5.47. The number of fused-ring (bicyclic) bond motifs is 1. The molecule has 1 saturated carbocycles. The van der Waals surface area contributed by atoms with E-state index in [9.17, 15) is 10.1 Å². The number of nitrogens with one attached hydrogen (secondary N) is 2. The Morgan fingerprint density at radius 2 is 2.07 bits per heavy atom. The highest BCUT2D eigenvalue weighted by Crippen LogP contribution is 2.28. The standard InChI is InChI=1S/C21H27N7O/c1-13-10-14(2)24-20(17(13)11-22)25-16-7-5-15(6-8-16)21(29)23-12-19-27-26-18-4-3-9-28(18)19/h10,15-16H,3-9,12H2,1-2H3,(H,23,29)(H,24,25). The van der Waals surface area contributed by atoms with Crippen molar-refractivity contribution in [3.8, 4) is 6.07 Å². The summed E-state index contributed by atoms with van der Waals surface area (Å²) in [7, 11) is 0. The van der Waals surface area contributed by atoms with Gasteiger partial charge in [-0.05, 0) is 57.6 Å². The minimum atomic E-state index is 0.0247. The second kappa shape index (κ2) is 8.19. The van der Waals surface area contributed by atoms with E-state index in [0.29, 0.717) is 17.9 Å². The third-order valence-corrected chi connectivity index (χ3v) is 6.00. The molecule has 2 aromatic heterocycles. The summed E-state index contributed by atoms with van der Waals surface area (Å²) in [6.07, 6.45) is 5.50. The first kappa shape index (κ1) is 19.4. The summed E-state index contributed by atoms with van der Waals surface area (Å²) in [6.45, 7) is 5.26. The maximum atomic E-state index is 12.6. The minimum absolute atomic E-state index is 0.0247. The number of carbonyl (C=O) groups excluding carboxylic acids is 1. The number of anilines is 1. The topological polar surface area (TPSA) is 109 Å². The molecule has 0 atom stereocenters. The molecular formula is C21H27N7O. The number of carbonyl (C=O) groups is 1. The number of rotatable bonds is 5. The Balaban J connectivity index is 1.29. The van der Waals surface area contributed by atoms with Gasteiger partial charge in [-0.25, -0.2) is 4.98 Å². The molecule has 0 spiro atoms. The molecule has 3 heterocycles. The zero-order valence-electron chi connectivity index (χ0n) is 17.0. The monoisotopic (exact) mass is 393 g/mol. The van der Waals surface area contributed by atoms with Crippen molar-refractivity contribution in [1.29, 1.82) is 5.26 Å². The van der Waals surface area contributed by atoms with E-state index in [4.69, 9.17) is 0 Å². The maximum Gasteiger partial charge on any atom is 0.223 e. The summed E-state index contributed by atoms with van der Waals surface area (Å²) in [5.41, 5.74) is 2.45. The summed E-state index contributed by atoms with van der Waals surface area (Å²) in [5, 5.41) is 24.3. The van der Waals surface area contributed by atoms with Crippen LogP contribution in [0.1, 0.15) is 60.6 Å². The van der Waals surface area contributed by atoms with E-state index in [1.54, 1.807) is 0 Å². The van der Waals surface area contributed by atoms with E-state index in [1.165, 1.54) is 0 Å². The molecule has 1 fully saturated rings. The van der Waals surface area contributed by atoms with E-state index in [2.05, 4.69) is 36.5 Å². The number of nitriles is 1. The number of pyridine rings is 1.